The molecular formula is C16H15I2N3O2. The van der Waals surface area contributed by atoms with Gasteiger partial charge in [-0.25, -0.2) is 5.43 Å². The molecule has 0 saturated heterocycles. The maximum Gasteiger partial charge on any atom is 0.271 e. The number of nitrogens with one attached hydrogen (secondary N) is 1. The van der Waals surface area contributed by atoms with E-state index in [-0.39, 0.29) is 12.0 Å². The molecule has 1 aromatic heterocycles. The molecule has 2 rings (SSSR count). The van der Waals surface area contributed by atoms with Crippen LogP contribution >= 0.6 is 45.2 Å². The lowest BCUT2D eigenvalue weighted by Crippen LogP contribution is -2.17. The summed E-state index contributed by atoms with van der Waals surface area (Å²) in [6, 6.07) is 7.19. The SMILES string of the molecule is CC(C)Oc1c(I)cc(/C=N/NC(=O)c2ccncc2)cc1I. The van der Waals surface area contributed by atoms with E-state index in [1.165, 1.54) is 0 Å². The van der Waals surface area contributed by atoms with Crippen molar-refractivity contribution in [3.05, 3.63) is 54.9 Å². The van der Waals surface area contributed by atoms with Crippen molar-refractivity contribution in [1.29, 1.82) is 0 Å². The zero-order valence-electron chi connectivity index (χ0n) is 12.6. The lowest BCUT2D eigenvalue weighted by Gasteiger charge is -2.14. The molecule has 0 radical (unpaired) electrons. The van der Waals surface area contributed by atoms with Gasteiger partial charge in [-0.3, -0.25) is 9.78 Å². The van der Waals surface area contributed by atoms with Crippen molar-refractivity contribution in [2.75, 3.05) is 0 Å². The minimum atomic E-state index is -0.271. The third-order valence-electron chi connectivity index (χ3n) is 2.70. The highest BCUT2D eigenvalue weighted by Gasteiger charge is 2.10. The van der Waals surface area contributed by atoms with E-state index in [1.54, 1.807) is 30.7 Å². The van der Waals surface area contributed by atoms with Crippen LogP contribution in [-0.2, 0) is 0 Å². The van der Waals surface area contributed by atoms with Crippen molar-refractivity contribution >= 4 is 57.3 Å². The predicted molar refractivity (Wildman–Crippen MR) is 107 cm³/mol. The van der Waals surface area contributed by atoms with Gasteiger partial charge in [-0.1, -0.05) is 0 Å². The maximum absolute atomic E-state index is 11.9. The number of hydrazone groups is 1. The van der Waals surface area contributed by atoms with E-state index in [4.69, 9.17) is 4.74 Å². The zero-order chi connectivity index (χ0) is 16.8. The van der Waals surface area contributed by atoms with Gasteiger partial charge in [0, 0.05) is 18.0 Å². The Morgan fingerprint density at radius 3 is 2.43 bits per heavy atom. The average Bonchev–Trinajstić information content (AvgIpc) is 2.51. The minimum absolute atomic E-state index is 0.121. The highest BCUT2D eigenvalue weighted by molar-refractivity contribution is 14.1. The summed E-state index contributed by atoms with van der Waals surface area (Å²) in [5.41, 5.74) is 3.91. The number of hydrogen-bond donors (Lipinski definition) is 1. The first-order valence-corrected chi connectivity index (χ1v) is 9.02. The number of rotatable bonds is 5. The fourth-order valence-electron chi connectivity index (χ4n) is 1.74. The summed E-state index contributed by atoms with van der Waals surface area (Å²) >= 11 is 4.47. The minimum Gasteiger partial charge on any atom is -0.489 e. The molecule has 0 aliphatic heterocycles. The van der Waals surface area contributed by atoms with Gasteiger partial charge in [0.25, 0.3) is 5.91 Å². The average molecular weight is 535 g/mol. The summed E-state index contributed by atoms with van der Waals surface area (Å²) in [6.45, 7) is 3.99. The number of benzene rings is 1. The van der Waals surface area contributed by atoms with Gasteiger partial charge in [0.05, 0.1) is 19.5 Å². The fourth-order valence-corrected chi connectivity index (χ4v) is 3.81. The van der Waals surface area contributed by atoms with E-state index in [1.807, 2.05) is 26.0 Å². The van der Waals surface area contributed by atoms with Crippen molar-refractivity contribution in [1.82, 2.24) is 10.4 Å². The smallest absolute Gasteiger partial charge is 0.271 e. The summed E-state index contributed by atoms with van der Waals surface area (Å²) < 4.78 is 7.81. The van der Waals surface area contributed by atoms with Crippen molar-refractivity contribution in [2.45, 2.75) is 20.0 Å². The van der Waals surface area contributed by atoms with Crippen molar-refractivity contribution in [3.63, 3.8) is 0 Å². The molecule has 0 bridgehead atoms. The Hall–Kier alpha value is -1.23. The lowest BCUT2D eigenvalue weighted by atomic mass is 10.2. The fraction of sp³-hybridized carbons (Fsp3) is 0.188. The van der Waals surface area contributed by atoms with Gasteiger partial charge < -0.3 is 4.74 Å². The molecule has 23 heavy (non-hydrogen) atoms. The molecule has 0 unspecified atom stereocenters. The van der Waals surface area contributed by atoms with Crippen LogP contribution < -0.4 is 10.2 Å². The van der Waals surface area contributed by atoms with E-state index in [0.717, 1.165) is 18.5 Å². The summed E-state index contributed by atoms with van der Waals surface area (Å²) in [6.07, 6.45) is 4.87. The van der Waals surface area contributed by atoms with Crippen LogP contribution in [0.15, 0.2) is 41.8 Å². The molecule has 0 saturated carbocycles. The van der Waals surface area contributed by atoms with Crippen molar-refractivity contribution in [3.8, 4) is 5.75 Å². The molecule has 0 fully saturated rings. The van der Waals surface area contributed by atoms with E-state index in [0.29, 0.717) is 5.56 Å². The first-order valence-electron chi connectivity index (χ1n) is 6.86. The molecule has 1 amide bonds. The van der Waals surface area contributed by atoms with Gasteiger partial charge in [0.15, 0.2) is 0 Å². The van der Waals surface area contributed by atoms with Gasteiger partial charge >= 0.3 is 0 Å². The zero-order valence-corrected chi connectivity index (χ0v) is 16.9. The number of hydrogen-bond acceptors (Lipinski definition) is 4. The van der Waals surface area contributed by atoms with Gasteiger partial charge in [0.2, 0.25) is 0 Å². The topological polar surface area (TPSA) is 63.6 Å². The van der Waals surface area contributed by atoms with E-state index >= 15 is 0 Å². The third kappa shape index (κ3) is 5.41. The summed E-state index contributed by atoms with van der Waals surface area (Å²) in [5, 5.41) is 4.00. The molecule has 1 aromatic carbocycles. The summed E-state index contributed by atoms with van der Waals surface area (Å²) in [5.74, 6) is 0.604. The van der Waals surface area contributed by atoms with E-state index < -0.39 is 0 Å². The molecule has 0 aliphatic carbocycles. The number of ether oxygens (including phenoxy) is 1. The van der Waals surface area contributed by atoms with Crippen LogP contribution in [0.25, 0.3) is 0 Å². The van der Waals surface area contributed by atoms with Crippen LogP contribution in [-0.4, -0.2) is 23.2 Å². The second-order valence-corrected chi connectivity index (χ2v) is 7.24. The number of carbonyl (C=O) groups excluding carboxylic acids is 1. The molecule has 120 valence electrons. The van der Waals surface area contributed by atoms with Gasteiger partial charge in [-0.2, -0.15) is 5.10 Å². The van der Waals surface area contributed by atoms with E-state index in [2.05, 4.69) is 60.7 Å². The maximum atomic E-state index is 11.9. The van der Waals surface area contributed by atoms with Crippen molar-refractivity contribution in [2.24, 2.45) is 5.10 Å². The third-order valence-corrected chi connectivity index (χ3v) is 4.30. The Morgan fingerprint density at radius 1 is 1.26 bits per heavy atom. The normalized spacial score (nSPS) is 11.0. The van der Waals surface area contributed by atoms with Crippen LogP contribution in [0.5, 0.6) is 5.75 Å². The number of nitrogens with zero attached hydrogens (tertiary/aromatic N) is 2. The van der Waals surface area contributed by atoms with Crippen molar-refractivity contribution < 1.29 is 9.53 Å². The molecular weight excluding hydrogens is 520 g/mol. The van der Waals surface area contributed by atoms with E-state index in [9.17, 15) is 4.79 Å². The number of halogens is 2. The largest absolute Gasteiger partial charge is 0.489 e. The lowest BCUT2D eigenvalue weighted by molar-refractivity contribution is 0.0955. The standard InChI is InChI=1S/C16H15I2N3O2/c1-10(2)23-15-13(17)7-11(8-14(15)18)9-20-21-16(22)12-3-5-19-6-4-12/h3-10H,1-2H3,(H,21,22)/b20-9+. The van der Waals surface area contributed by atoms with Crippen LogP contribution in [0, 0.1) is 7.14 Å². The van der Waals surface area contributed by atoms with Gasteiger partial charge in [-0.05, 0) is 88.9 Å². The van der Waals surface area contributed by atoms with Gasteiger partial charge in [-0.15, -0.1) is 0 Å². The van der Waals surface area contributed by atoms with Crippen LogP contribution in [0.2, 0.25) is 0 Å². The Labute approximate surface area is 162 Å². The summed E-state index contributed by atoms with van der Waals surface area (Å²) in [7, 11) is 0. The molecule has 7 heteroatoms. The first kappa shape index (κ1) is 18.1. The quantitative estimate of drug-likeness (QED) is 0.360. The second-order valence-electron chi connectivity index (χ2n) is 4.92. The Kier molecular flexibility index (Phi) is 6.75. The van der Waals surface area contributed by atoms with Gasteiger partial charge in [0.1, 0.15) is 5.75 Å². The molecule has 0 spiro atoms. The number of pyridine rings is 1. The van der Waals surface area contributed by atoms with Crippen LogP contribution in [0.3, 0.4) is 0 Å². The highest BCUT2D eigenvalue weighted by Crippen LogP contribution is 2.29. The Bertz CT molecular complexity index is 696. The molecule has 5 nitrogen and oxygen atoms in total. The van der Waals surface area contributed by atoms with Crippen LogP contribution in [0.1, 0.15) is 29.8 Å². The number of aromatic nitrogens is 1. The molecule has 2 aromatic rings. The highest BCUT2D eigenvalue weighted by atomic mass is 127. The summed E-state index contributed by atoms with van der Waals surface area (Å²) in [4.78, 5) is 15.7. The number of amides is 1. The predicted octanol–water partition coefficient (Wildman–Crippen LogP) is 3.84. The Morgan fingerprint density at radius 2 is 1.87 bits per heavy atom. The molecule has 0 atom stereocenters. The molecule has 1 N–H and O–H groups in total. The van der Waals surface area contributed by atoms with Crippen LogP contribution in [0.4, 0.5) is 0 Å². The second kappa shape index (κ2) is 8.57. The Balaban J connectivity index is 2.07. The molecule has 1 heterocycles. The number of carbonyl (C=O) groups is 1. The monoisotopic (exact) mass is 535 g/mol. The first-order chi connectivity index (χ1) is 11.0. The molecule has 0 aliphatic rings.